The second kappa shape index (κ2) is 9.23. The molecule has 4 rings (SSSR count). The molecule has 4 aromatic rings. The first-order valence-electron chi connectivity index (χ1n) is 9.10. The highest BCUT2D eigenvalue weighted by molar-refractivity contribution is 9.10. The summed E-state index contributed by atoms with van der Waals surface area (Å²) >= 11 is 4.70. The Morgan fingerprint density at radius 2 is 1.97 bits per heavy atom. The molecule has 2 heterocycles. The normalized spacial score (nSPS) is 10.7. The molecule has 2 aromatic heterocycles. The van der Waals surface area contributed by atoms with Crippen molar-refractivity contribution >= 4 is 38.9 Å². The summed E-state index contributed by atoms with van der Waals surface area (Å²) in [4.78, 5) is 13.1. The van der Waals surface area contributed by atoms with E-state index in [0.29, 0.717) is 17.1 Å². The van der Waals surface area contributed by atoms with Crippen molar-refractivity contribution in [1.29, 1.82) is 0 Å². The number of nitrogens with one attached hydrogen (secondary N) is 1. The van der Waals surface area contributed by atoms with Gasteiger partial charge in [-0.3, -0.25) is 9.48 Å². The zero-order valence-corrected chi connectivity index (χ0v) is 18.1. The fourth-order valence-corrected chi connectivity index (χ4v) is 3.91. The minimum Gasteiger partial charge on any atom is -0.486 e. The first-order valence-corrected chi connectivity index (χ1v) is 10.8. The standard InChI is InChI=1S/C22H17BrFN3O2S/c23-17-10-25-27(12-17)11-15-5-7-18(8-6-15)26-22(28)21-9-16(14-30-21)13-29-20-4-2-1-3-19(20)24/h1-10,12,14H,11,13H2,(H,26,28). The summed E-state index contributed by atoms with van der Waals surface area (Å²) in [7, 11) is 0. The molecule has 2 aromatic carbocycles. The second-order valence-corrected chi connectivity index (χ2v) is 8.37. The second-order valence-electron chi connectivity index (χ2n) is 6.55. The van der Waals surface area contributed by atoms with Crippen LogP contribution >= 0.6 is 27.3 Å². The summed E-state index contributed by atoms with van der Waals surface area (Å²) in [5.41, 5.74) is 2.60. The van der Waals surface area contributed by atoms with E-state index in [0.717, 1.165) is 15.6 Å². The number of anilines is 1. The predicted molar refractivity (Wildman–Crippen MR) is 118 cm³/mol. The highest BCUT2D eigenvalue weighted by atomic mass is 79.9. The first-order chi connectivity index (χ1) is 14.6. The molecule has 1 N–H and O–H groups in total. The van der Waals surface area contributed by atoms with E-state index in [9.17, 15) is 9.18 Å². The largest absolute Gasteiger partial charge is 0.486 e. The molecule has 0 aliphatic rings. The number of carbonyl (C=O) groups is 1. The number of ether oxygens (including phenoxy) is 1. The maximum Gasteiger partial charge on any atom is 0.265 e. The Hall–Kier alpha value is -2.97. The summed E-state index contributed by atoms with van der Waals surface area (Å²) in [5, 5.41) is 8.96. The van der Waals surface area contributed by atoms with Gasteiger partial charge in [0.1, 0.15) is 6.61 Å². The van der Waals surface area contributed by atoms with Crippen LogP contribution in [0.1, 0.15) is 20.8 Å². The van der Waals surface area contributed by atoms with Crippen LogP contribution in [0.3, 0.4) is 0 Å². The van der Waals surface area contributed by atoms with Gasteiger partial charge in [0, 0.05) is 17.4 Å². The Balaban J connectivity index is 1.33. The number of amides is 1. The van der Waals surface area contributed by atoms with Crippen LogP contribution in [0.2, 0.25) is 0 Å². The van der Waals surface area contributed by atoms with Crippen molar-refractivity contribution in [3.8, 4) is 5.75 Å². The molecule has 0 aliphatic carbocycles. The SMILES string of the molecule is O=C(Nc1ccc(Cn2cc(Br)cn2)cc1)c1cc(COc2ccccc2F)cs1. The van der Waals surface area contributed by atoms with Gasteiger partial charge in [-0.1, -0.05) is 24.3 Å². The minimum atomic E-state index is -0.408. The van der Waals surface area contributed by atoms with Crippen LogP contribution in [0.4, 0.5) is 10.1 Å². The number of halogens is 2. The van der Waals surface area contributed by atoms with E-state index in [1.807, 2.05) is 40.5 Å². The summed E-state index contributed by atoms with van der Waals surface area (Å²) < 4.78 is 21.9. The topological polar surface area (TPSA) is 56.2 Å². The zero-order valence-electron chi connectivity index (χ0n) is 15.7. The van der Waals surface area contributed by atoms with Gasteiger partial charge < -0.3 is 10.1 Å². The van der Waals surface area contributed by atoms with Crippen LogP contribution in [-0.4, -0.2) is 15.7 Å². The van der Waals surface area contributed by atoms with Crippen molar-refractivity contribution in [3.05, 3.63) is 98.7 Å². The summed E-state index contributed by atoms with van der Waals surface area (Å²) in [6, 6.07) is 15.6. The molecule has 30 heavy (non-hydrogen) atoms. The highest BCUT2D eigenvalue weighted by Gasteiger charge is 2.11. The number of hydrogen-bond donors (Lipinski definition) is 1. The number of thiophene rings is 1. The zero-order chi connectivity index (χ0) is 20.9. The molecule has 152 valence electrons. The van der Waals surface area contributed by atoms with Crippen molar-refractivity contribution in [2.75, 3.05) is 5.32 Å². The van der Waals surface area contributed by atoms with Gasteiger partial charge in [-0.25, -0.2) is 4.39 Å². The number of hydrogen-bond acceptors (Lipinski definition) is 4. The number of benzene rings is 2. The van der Waals surface area contributed by atoms with Gasteiger partial charge >= 0.3 is 0 Å². The number of para-hydroxylation sites is 1. The van der Waals surface area contributed by atoms with Crippen molar-refractivity contribution in [3.63, 3.8) is 0 Å². The fraction of sp³-hybridized carbons (Fsp3) is 0.0909. The number of rotatable bonds is 7. The fourth-order valence-electron chi connectivity index (χ4n) is 2.79. The van der Waals surface area contributed by atoms with Gasteiger partial charge in [-0.15, -0.1) is 11.3 Å². The number of nitrogens with zero attached hydrogens (tertiary/aromatic N) is 2. The molecular weight excluding hydrogens is 469 g/mol. The van der Waals surface area contributed by atoms with E-state index in [2.05, 4.69) is 26.3 Å². The molecule has 0 atom stereocenters. The lowest BCUT2D eigenvalue weighted by Gasteiger charge is -2.06. The van der Waals surface area contributed by atoms with Crippen molar-refractivity contribution < 1.29 is 13.9 Å². The Morgan fingerprint density at radius 1 is 1.17 bits per heavy atom. The third kappa shape index (κ3) is 5.14. The van der Waals surface area contributed by atoms with E-state index >= 15 is 0 Å². The average Bonchev–Trinajstić information content (AvgIpc) is 3.38. The van der Waals surface area contributed by atoms with Crippen LogP contribution in [0.15, 0.2) is 76.8 Å². The molecule has 0 unspecified atom stereocenters. The van der Waals surface area contributed by atoms with Crippen molar-refractivity contribution in [2.45, 2.75) is 13.2 Å². The van der Waals surface area contributed by atoms with Crippen LogP contribution in [0.25, 0.3) is 0 Å². The lowest BCUT2D eigenvalue weighted by atomic mass is 10.2. The van der Waals surface area contributed by atoms with Crippen molar-refractivity contribution in [1.82, 2.24) is 9.78 Å². The Kier molecular flexibility index (Phi) is 6.25. The molecule has 8 heteroatoms. The molecule has 0 spiro atoms. The Morgan fingerprint density at radius 3 is 2.70 bits per heavy atom. The molecule has 0 fully saturated rings. The van der Waals surface area contributed by atoms with E-state index < -0.39 is 5.82 Å². The molecule has 0 saturated heterocycles. The molecule has 0 bridgehead atoms. The van der Waals surface area contributed by atoms with Crippen LogP contribution in [0, 0.1) is 5.82 Å². The molecular formula is C22H17BrFN3O2S. The third-order valence-electron chi connectivity index (χ3n) is 4.27. The predicted octanol–water partition coefficient (Wildman–Crippen LogP) is 5.73. The maximum absolute atomic E-state index is 13.6. The molecule has 0 aliphatic heterocycles. The van der Waals surface area contributed by atoms with Gasteiger partial charge in [-0.2, -0.15) is 5.10 Å². The summed E-state index contributed by atoms with van der Waals surface area (Å²) in [6.07, 6.45) is 3.64. The molecule has 1 amide bonds. The van der Waals surface area contributed by atoms with E-state index in [1.165, 1.54) is 17.4 Å². The highest BCUT2D eigenvalue weighted by Crippen LogP contribution is 2.21. The Bertz CT molecular complexity index is 1160. The summed E-state index contributed by atoms with van der Waals surface area (Å²) in [6.45, 7) is 0.846. The molecule has 0 saturated carbocycles. The van der Waals surface area contributed by atoms with Gasteiger partial charge in [0.15, 0.2) is 11.6 Å². The monoisotopic (exact) mass is 485 g/mol. The van der Waals surface area contributed by atoms with E-state index in [4.69, 9.17) is 4.74 Å². The summed E-state index contributed by atoms with van der Waals surface area (Å²) in [5.74, 6) is -0.410. The minimum absolute atomic E-state index is 0.192. The lowest BCUT2D eigenvalue weighted by Crippen LogP contribution is -2.10. The van der Waals surface area contributed by atoms with Crippen LogP contribution in [0.5, 0.6) is 5.75 Å². The maximum atomic E-state index is 13.6. The first kappa shape index (κ1) is 20.3. The quantitative estimate of drug-likeness (QED) is 0.363. The van der Waals surface area contributed by atoms with Crippen LogP contribution in [-0.2, 0) is 13.2 Å². The lowest BCUT2D eigenvalue weighted by molar-refractivity contribution is 0.103. The number of carbonyl (C=O) groups excluding carboxylic acids is 1. The number of aromatic nitrogens is 2. The van der Waals surface area contributed by atoms with Gasteiger partial charge in [0.2, 0.25) is 0 Å². The van der Waals surface area contributed by atoms with Gasteiger partial charge in [-0.05, 0) is 57.2 Å². The smallest absolute Gasteiger partial charge is 0.265 e. The third-order valence-corrected chi connectivity index (χ3v) is 5.65. The molecule has 5 nitrogen and oxygen atoms in total. The van der Waals surface area contributed by atoms with E-state index in [1.54, 1.807) is 30.5 Å². The van der Waals surface area contributed by atoms with E-state index in [-0.39, 0.29) is 18.3 Å². The van der Waals surface area contributed by atoms with Crippen molar-refractivity contribution in [2.24, 2.45) is 0 Å². The van der Waals surface area contributed by atoms with Gasteiger partial charge in [0.25, 0.3) is 5.91 Å². The van der Waals surface area contributed by atoms with Crippen LogP contribution < -0.4 is 10.1 Å². The Labute approximate surface area is 185 Å². The average molecular weight is 486 g/mol. The molecule has 0 radical (unpaired) electrons. The van der Waals surface area contributed by atoms with Gasteiger partial charge in [0.05, 0.1) is 22.1 Å².